The summed E-state index contributed by atoms with van der Waals surface area (Å²) >= 11 is 0. The number of aromatic nitrogens is 2. The van der Waals surface area contributed by atoms with Gasteiger partial charge in [-0.1, -0.05) is 5.16 Å². The molecule has 0 atom stereocenters. The fraction of sp³-hybridized carbons (Fsp3) is 0.471. The van der Waals surface area contributed by atoms with Crippen LogP contribution in [0.1, 0.15) is 23.4 Å². The van der Waals surface area contributed by atoms with Crippen LogP contribution in [0.4, 0.5) is 11.5 Å². The number of amides is 1. The molecule has 1 saturated heterocycles. The molecule has 3 rings (SSSR count). The molecule has 1 aliphatic rings. The highest BCUT2D eigenvalue weighted by atomic mass is 16.5. The lowest BCUT2D eigenvalue weighted by Gasteiger charge is -2.29. The van der Waals surface area contributed by atoms with Crippen LogP contribution in [0.3, 0.4) is 0 Å². The minimum Gasteiger partial charge on any atom is -0.378 e. The topological polar surface area (TPSA) is 80.5 Å². The Labute approximate surface area is 141 Å². The van der Waals surface area contributed by atoms with Gasteiger partial charge in [-0.25, -0.2) is 4.98 Å². The zero-order valence-corrected chi connectivity index (χ0v) is 14.0. The number of carbonyl (C=O) groups is 1. The summed E-state index contributed by atoms with van der Waals surface area (Å²) in [5.41, 5.74) is 2.59. The molecule has 24 heavy (non-hydrogen) atoms. The molecule has 0 saturated carbocycles. The number of hydrogen-bond donors (Lipinski definition) is 1. The van der Waals surface area contributed by atoms with Gasteiger partial charge in [-0.15, -0.1) is 0 Å². The molecule has 7 nitrogen and oxygen atoms in total. The van der Waals surface area contributed by atoms with Crippen molar-refractivity contribution in [3.63, 3.8) is 0 Å². The summed E-state index contributed by atoms with van der Waals surface area (Å²) in [6.45, 7) is 6.66. The van der Waals surface area contributed by atoms with Crippen LogP contribution in [-0.4, -0.2) is 42.4 Å². The average molecular weight is 330 g/mol. The van der Waals surface area contributed by atoms with Crippen LogP contribution in [0.5, 0.6) is 0 Å². The maximum absolute atomic E-state index is 12.3. The van der Waals surface area contributed by atoms with Crippen LogP contribution in [-0.2, 0) is 16.0 Å². The van der Waals surface area contributed by atoms with Gasteiger partial charge >= 0.3 is 0 Å². The molecule has 0 aromatic carbocycles. The lowest BCUT2D eigenvalue weighted by Crippen LogP contribution is -2.37. The van der Waals surface area contributed by atoms with Gasteiger partial charge in [-0.2, -0.15) is 0 Å². The van der Waals surface area contributed by atoms with Gasteiger partial charge in [-0.05, 0) is 32.4 Å². The standard InChI is InChI=1S/C17H22N4O3/c1-12-14(13(2)24-20-12)5-6-16(22)19-15-4-3-7-18-17(15)21-8-10-23-11-9-21/h3-4,7H,5-6,8-11H2,1-2H3,(H,19,22). The fourth-order valence-electron chi connectivity index (χ4n) is 2.83. The minimum atomic E-state index is -0.0440. The summed E-state index contributed by atoms with van der Waals surface area (Å²) in [4.78, 5) is 18.9. The van der Waals surface area contributed by atoms with Gasteiger partial charge in [0.1, 0.15) is 5.76 Å². The van der Waals surface area contributed by atoms with E-state index in [0.29, 0.717) is 26.1 Å². The van der Waals surface area contributed by atoms with Gasteiger partial charge in [0.05, 0.1) is 24.6 Å². The van der Waals surface area contributed by atoms with Crippen LogP contribution in [0, 0.1) is 13.8 Å². The van der Waals surface area contributed by atoms with Crippen molar-refractivity contribution in [2.45, 2.75) is 26.7 Å². The summed E-state index contributed by atoms with van der Waals surface area (Å²) in [7, 11) is 0. The highest BCUT2D eigenvalue weighted by Crippen LogP contribution is 2.24. The lowest BCUT2D eigenvalue weighted by molar-refractivity contribution is -0.116. The number of pyridine rings is 1. The van der Waals surface area contributed by atoms with E-state index < -0.39 is 0 Å². The van der Waals surface area contributed by atoms with E-state index in [0.717, 1.165) is 41.6 Å². The molecule has 1 aliphatic heterocycles. The zero-order valence-electron chi connectivity index (χ0n) is 14.0. The lowest BCUT2D eigenvalue weighted by atomic mass is 10.1. The smallest absolute Gasteiger partial charge is 0.224 e. The second-order valence-corrected chi connectivity index (χ2v) is 5.82. The summed E-state index contributed by atoms with van der Waals surface area (Å²) in [6, 6.07) is 3.71. The Morgan fingerprint density at radius 1 is 1.33 bits per heavy atom. The molecule has 2 aromatic heterocycles. The summed E-state index contributed by atoms with van der Waals surface area (Å²) in [5.74, 6) is 1.53. The fourth-order valence-corrected chi connectivity index (χ4v) is 2.83. The van der Waals surface area contributed by atoms with Crippen molar-refractivity contribution >= 4 is 17.4 Å². The summed E-state index contributed by atoms with van der Waals surface area (Å²) in [5, 5.41) is 6.89. The van der Waals surface area contributed by atoms with Crippen molar-refractivity contribution in [3.05, 3.63) is 35.3 Å². The molecule has 0 spiro atoms. The zero-order chi connectivity index (χ0) is 16.9. The van der Waals surface area contributed by atoms with Crippen LogP contribution in [0.15, 0.2) is 22.9 Å². The first-order chi connectivity index (χ1) is 11.6. The summed E-state index contributed by atoms with van der Waals surface area (Å²) < 4.78 is 10.5. The number of nitrogens with one attached hydrogen (secondary N) is 1. The van der Waals surface area contributed by atoms with Crippen LogP contribution in [0.25, 0.3) is 0 Å². The van der Waals surface area contributed by atoms with Crippen molar-refractivity contribution in [3.8, 4) is 0 Å². The van der Waals surface area contributed by atoms with E-state index in [2.05, 4.69) is 20.4 Å². The highest BCUT2D eigenvalue weighted by Gasteiger charge is 2.17. The number of ether oxygens (including phenoxy) is 1. The molecule has 1 N–H and O–H groups in total. The van der Waals surface area contributed by atoms with E-state index in [1.165, 1.54) is 0 Å². The number of aryl methyl sites for hydroxylation is 2. The Balaban J connectivity index is 1.64. The second kappa shape index (κ2) is 7.44. The van der Waals surface area contributed by atoms with Crippen molar-refractivity contribution in [1.82, 2.24) is 10.1 Å². The van der Waals surface area contributed by atoms with E-state index in [9.17, 15) is 4.79 Å². The third-order valence-electron chi connectivity index (χ3n) is 4.15. The number of hydrogen-bond acceptors (Lipinski definition) is 6. The van der Waals surface area contributed by atoms with Crippen molar-refractivity contribution < 1.29 is 14.1 Å². The van der Waals surface area contributed by atoms with Crippen LogP contribution >= 0.6 is 0 Å². The Morgan fingerprint density at radius 2 is 2.12 bits per heavy atom. The Morgan fingerprint density at radius 3 is 2.83 bits per heavy atom. The van der Waals surface area contributed by atoms with Crippen molar-refractivity contribution in [2.24, 2.45) is 0 Å². The number of rotatable bonds is 5. The molecule has 2 aromatic rings. The molecule has 7 heteroatoms. The first-order valence-corrected chi connectivity index (χ1v) is 8.14. The molecule has 1 fully saturated rings. The summed E-state index contributed by atoms with van der Waals surface area (Å²) in [6.07, 6.45) is 2.73. The molecule has 0 aliphatic carbocycles. The van der Waals surface area contributed by atoms with Crippen molar-refractivity contribution in [2.75, 3.05) is 36.5 Å². The molecule has 0 unspecified atom stereocenters. The number of nitrogens with zero attached hydrogens (tertiary/aromatic N) is 3. The maximum Gasteiger partial charge on any atom is 0.224 e. The van der Waals surface area contributed by atoms with E-state index in [-0.39, 0.29) is 5.91 Å². The monoisotopic (exact) mass is 330 g/mol. The SMILES string of the molecule is Cc1noc(C)c1CCC(=O)Nc1cccnc1N1CCOCC1. The molecule has 0 radical (unpaired) electrons. The first kappa shape index (κ1) is 16.4. The normalized spacial score (nSPS) is 14.7. The molecular weight excluding hydrogens is 308 g/mol. The number of anilines is 2. The van der Waals surface area contributed by atoms with E-state index in [1.807, 2.05) is 26.0 Å². The third-order valence-corrected chi connectivity index (χ3v) is 4.15. The predicted octanol–water partition coefficient (Wildman–Crippen LogP) is 2.09. The van der Waals surface area contributed by atoms with Crippen LogP contribution < -0.4 is 10.2 Å². The molecular formula is C17H22N4O3. The molecule has 128 valence electrons. The Kier molecular flexibility index (Phi) is 5.10. The molecule has 1 amide bonds. The van der Waals surface area contributed by atoms with Gasteiger partial charge in [0.2, 0.25) is 5.91 Å². The maximum atomic E-state index is 12.3. The average Bonchev–Trinajstić information content (AvgIpc) is 2.92. The van der Waals surface area contributed by atoms with Gasteiger partial charge in [-0.3, -0.25) is 4.79 Å². The van der Waals surface area contributed by atoms with E-state index >= 15 is 0 Å². The predicted molar refractivity (Wildman–Crippen MR) is 90.2 cm³/mol. The quantitative estimate of drug-likeness (QED) is 0.904. The minimum absolute atomic E-state index is 0.0440. The first-order valence-electron chi connectivity index (χ1n) is 8.14. The van der Waals surface area contributed by atoms with Crippen molar-refractivity contribution in [1.29, 1.82) is 0 Å². The second-order valence-electron chi connectivity index (χ2n) is 5.82. The number of morpholine rings is 1. The van der Waals surface area contributed by atoms with Crippen LogP contribution in [0.2, 0.25) is 0 Å². The van der Waals surface area contributed by atoms with Gasteiger partial charge in [0.25, 0.3) is 0 Å². The number of carbonyl (C=O) groups excluding carboxylic acids is 1. The van der Waals surface area contributed by atoms with E-state index in [4.69, 9.17) is 9.26 Å². The van der Waals surface area contributed by atoms with Gasteiger partial charge < -0.3 is 19.5 Å². The molecule has 3 heterocycles. The molecule has 0 bridgehead atoms. The van der Waals surface area contributed by atoms with E-state index in [1.54, 1.807) is 6.20 Å². The Bertz CT molecular complexity index is 688. The highest BCUT2D eigenvalue weighted by molar-refractivity contribution is 5.93. The largest absolute Gasteiger partial charge is 0.378 e. The third kappa shape index (κ3) is 3.73. The van der Waals surface area contributed by atoms with Gasteiger partial charge in [0.15, 0.2) is 5.82 Å². The Hall–Kier alpha value is -2.41. The van der Waals surface area contributed by atoms with Gasteiger partial charge in [0, 0.05) is 31.3 Å².